The van der Waals surface area contributed by atoms with Gasteiger partial charge in [0.1, 0.15) is 0 Å². The predicted octanol–water partition coefficient (Wildman–Crippen LogP) is 2.15. The van der Waals surface area contributed by atoms with Gasteiger partial charge in [-0.3, -0.25) is 4.79 Å². The number of carbonyl (C=O) groups is 1. The highest BCUT2D eigenvalue weighted by atomic mass is 32.2. The fraction of sp³-hybridized carbons (Fsp3) is 0.923. The highest BCUT2D eigenvalue weighted by Gasteiger charge is 2.18. The van der Waals surface area contributed by atoms with Crippen molar-refractivity contribution in [2.24, 2.45) is 11.7 Å². The Morgan fingerprint density at radius 2 is 2.18 bits per heavy atom. The van der Waals surface area contributed by atoms with Crippen LogP contribution in [0, 0.1) is 5.92 Å². The summed E-state index contributed by atoms with van der Waals surface area (Å²) in [4.78, 5) is 11.9. The van der Waals surface area contributed by atoms with Crippen LogP contribution in [0.4, 0.5) is 0 Å². The van der Waals surface area contributed by atoms with Crippen molar-refractivity contribution in [3.63, 3.8) is 0 Å². The minimum Gasteiger partial charge on any atom is -0.352 e. The van der Waals surface area contributed by atoms with Crippen molar-refractivity contribution in [1.29, 1.82) is 0 Å². The van der Waals surface area contributed by atoms with Gasteiger partial charge in [-0.2, -0.15) is 11.8 Å². The van der Waals surface area contributed by atoms with Crippen molar-refractivity contribution in [2.75, 3.05) is 18.1 Å². The largest absolute Gasteiger partial charge is 0.352 e. The molecule has 1 rings (SSSR count). The fourth-order valence-corrected chi connectivity index (χ4v) is 3.40. The van der Waals surface area contributed by atoms with Crippen LogP contribution in [0.2, 0.25) is 0 Å². The number of hydrogen-bond acceptors (Lipinski definition) is 3. The molecule has 0 aromatic rings. The second kappa shape index (κ2) is 8.81. The average Bonchev–Trinajstić information content (AvgIpc) is 2.35. The van der Waals surface area contributed by atoms with Crippen LogP contribution in [0.5, 0.6) is 0 Å². The van der Waals surface area contributed by atoms with E-state index in [1.165, 1.54) is 24.3 Å². The molecule has 1 aliphatic rings. The van der Waals surface area contributed by atoms with Gasteiger partial charge in [0, 0.05) is 19.0 Å². The van der Waals surface area contributed by atoms with Crippen molar-refractivity contribution < 1.29 is 4.79 Å². The van der Waals surface area contributed by atoms with Gasteiger partial charge in [0.15, 0.2) is 0 Å². The van der Waals surface area contributed by atoms with Crippen LogP contribution in [0.3, 0.4) is 0 Å². The Morgan fingerprint density at radius 1 is 1.47 bits per heavy atom. The lowest BCUT2D eigenvalue weighted by Crippen LogP contribution is -2.41. The number of unbranched alkanes of at least 4 members (excludes halogenated alkanes) is 1. The first kappa shape index (κ1) is 14.8. The predicted molar refractivity (Wildman–Crippen MR) is 75.2 cm³/mol. The Kier molecular flexibility index (Phi) is 7.69. The van der Waals surface area contributed by atoms with Gasteiger partial charge in [-0.15, -0.1) is 0 Å². The summed E-state index contributed by atoms with van der Waals surface area (Å²) < 4.78 is 0. The third-order valence-corrected chi connectivity index (χ3v) is 4.42. The molecule has 1 atom stereocenters. The number of rotatable bonds is 7. The van der Waals surface area contributed by atoms with Crippen molar-refractivity contribution in [3.8, 4) is 0 Å². The summed E-state index contributed by atoms with van der Waals surface area (Å²) in [6.07, 6.45) is 6.40. The summed E-state index contributed by atoms with van der Waals surface area (Å²) in [5.74, 6) is 3.23. The highest BCUT2D eigenvalue weighted by Crippen LogP contribution is 2.25. The maximum absolute atomic E-state index is 11.9. The van der Waals surface area contributed by atoms with Crippen molar-refractivity contribution in [2.45, 2.75) is 51.5 Å². The Hall–Kier alpha value is -0.220. The van der Waals surface area contributed by atoms with E-state index in [9.17, 15) is 4.79 Å². The SMILES string of the molecule is CCCCC(CN)NC(=O)CC1CCSCC1. The molecule has 0 radical (unpaired) electrons. The maximum atomic E-state index is 11.9. The topological polar surface area (TPSA) is 55.1 Å². The van der Waals surface area contributed by atoms with Gasteiger partial charge in [-0.05, 0) is 36.7 Å². The lowest BCUT2D eigenvalue weighted by molar-refractivity contribution is -0.122. The number of nitrogens with one attached hydrogen (secondary N) is 1. The molecule has 3 nitrogen and oxygen atoms in total. The molecule has 1 amide bonds. The van der Waals surface area contributed by atoms with Crippen molar-refractivity contribution in [3.05, 3.63) is 0 Å². The lowest BCUT2D eigenvalue weighted by atomic mass is 9.98. The number of hydrogen-bond donors (Lipinski definition) is 2. The summed E-state index contributed by atoms with van der Waals surface area (Å²) in [5, 5.41) is 3.08. The van der Waals surface area contributed by atoms with Crippen LogP contribution in [-0.4, -0.2) is 30.0 Å². The van der Waals surface area contributed by atoms with Crippen molar-refractivity contribution >= 4 is 17.7 Å². The van der Waals surface area contributed by atoms with Gasteiger partial charge in [-0.25, -0.2) is 0 Å². The quantitative estimate of drug-likeness (QED) is 0.736. The first-order valence-electron chi connectivity index (χ1n) is 6.83. The van der Waals surface area contributed by atoms with E-state index in [2.05, 4.69) is 12.2 Å². The number of carbonyl (C=O) groups excluding carboxylic acids is 1. The van der Waals surface area contributed by atoms with Crippen molar-refractivity contribution in [1.82, 2.24) is 5.32 Å². The normalized spacial score (nSPS) is 18.9. The Morgan fingerprint density at radius 3 is 2.76 bits per heavy atom. The Bertz CT molecular complexity index is 217. The smallest absolute Gasteiger partial charge is 0.220 e. The molecule has 3 N–H and O–H groups in total. The van der Waals surface area contributed by atoms with E-state index in [1.54, 1.807) is 0 Å². The van der Waals surface area contributed by atoms with Gasteiger partial charge >= 0.3 is 0 Å². The highest BCUT2D eigenvalue weighted by molar-refractivity contribution is 7.99. The molecule has 0 aliphatic carbocycles. The van der Waals surface area contributed by atoms with E-state index in [1.807, 2.05) is 11.8 Å². The standard InChI is InChI=1S/C13H26N2OS/c1-2-3-4-12(10-14)15-13(16)9-11-5-7-17-8-6-11/h11-12H,2-10,14H2,1H3,(H,15,16). The molecule has 4 heteroatoms. The molecule has 17 heavy (non-hydrogen) atoms. The third kappa shape index (κ3) is 6.32. The minimum absolute atomic E-state index is 0.181. The van der Waals surface area contributed by atoms with Gasteiger partial charge in [0.25, 0.3) is 0 Å². The molecule has 1 fully saturated rings. The Labute approximate surface area is 109 Å². The number of amides is 1. The van der Waals surface area contributed by atoms with E-state index in [0.717, 1.165) is 19.3 Å². The van der Waals surface area contributed by atoms with E-state index < -0.39 is 0 Å². The molecule has 1 unspecified atom stereocenters. The second-order valence-corrected chi connectivity index (χ2v) is 6.13. The first-order valence-corrected chi connectivity index (χ1v) is 7.99. The molecule has 1 aliphatic heterocycles. The van der Waals surface area contributed by atoms with Crippen LogP contribution >= 0.6 is 11.8 Å². The van der Waals surface area contributed by atoms with E-state index >= 15 is 0 Å². The molecule has 1 saturated heterocycles. The summed E-state index contributed by atoms with van der Waals surface area (Å²) in [6, 6.07) is 0.181. The molecule has 100 valence electrons. The van der Waals surface area contributed by atoms with E-state index in [-0.39, 0.29) is 11.9 Å². The van der Waals surface area contributed by atoms with Gasteiger partial charge in [-0.1, -0.05) is 19.8 Å². The first-order chi connectivity index (χ1) is 8.26. The van der Waals surface area contributed by atoms with E-state index in [4.69, 9.17) is 5.73 Å². The van der Waals surface area contributed by atoms with Gasteiger partial charge in [0.2, 0.25) is 5.91 Å². The third-order valence-electron chi connectivity index (χ3n) is 3.37. The lowest BCUT2D eigenvalue weighted by Gasteiger charge is -2.22. The zero-order valence-electron chi connectivity index (χ0n) is 10.9. The fourth-order valence-electron chi connectivity index (χ4n) is 2.20. The molecule has 0 aromatic carbocycles. The van der Waals surface area contributed by atoms with Crippen LogP contribution in [-0.2, 0) is 4.79 Å². The average molecular weight is 258 g/mol. The number of nitrogens with two attached hydrogens (primary N) is 1. The zero-order valence-corrected chi connectivity index (χ0v) is 11.7. The maximum Gasteiger partial charge on any atom is 0.220 e. The molecule has 1 heterocycles. The number of thioether (sulfide) groups is 1. The summed E-state index contributed by atoms with van der Waals surface area (Å²) in [6.45, 7) is 2.72. The molecule has 0 bridgehead atoms. The van der Waals surface area contributed by atoms with Gasteiger partial charge in [0.05, 0.1) is 0 Å². The summed E-state index contributed by atoms with van der Waals surface area (Å²) >= 11 is 2.00. The second-order valence-electron chi connectivity index (χ2n) is 4.90. The molecular weight excluding hydrogens is 232 g/mol. The van der Waals surface area contributed by atoms with Crippen LogP contribution in [0.15, 0.2) is 0 Å². The van der Waals surface area contributed by atoms with Gasteiger partial charge < -0.3 is 11.1 Å². The van der Waals surface area contributed by atoms with Crippen LogP contribution < -0.4 is 11.1 Å². The molecular formula is C13H26N2OS. The molecule has 0 spiro atoms. The van der Waals surface area contributed by atoms with E-state index in [0.29, 0.717) is 18.9 Å². The van der Waals surface area contributed by atoms with Crippen LogP contribution in [0.1, 0.15) is 45.4 Å². The zero-order chi connectivity index (χ0) is 12.5. The summed E-state index contributed by atoms with van der Waals surface area (Å²) in [7, 11) is 0. The van der Waals surface area contributed by atoms with Crippen LogP contribution in [0.25, 0.3) is 0 Å². The monoisotopic (exact) mass is 258 g/mol. The molecule has 0 aromatic heterocycles. The summed E-state index contributed by atoms with van der Waals surface area (Å²) in [5.41, 5.74) is 5.68. The Balaban J connectivity index is 2.21. The minimum atomic E-state index is 0.181. The molecule has 0 saturated carbocycles.